The summed E-state index contributed by atoms with van der Waals surface area (Å²) in [6.07, 6.45) is 12.9. The summed E-state index contributed by atoms with van der Waals surface area (Å²) in [6.45, 7) is 7.58. The predicted octanol–water partition coefficient (Wildman–Crippen LogP) is 6.48. The second-order valence-corrected chi connectivity index (χ2v) is 13.0. The van der Waals surface area contributed by atoms with Crippen LogP contribution in [-0.4, -0.2) is 82.6 Å². The third kappa shape index (κ3) is 11.7. The third-order valence-electron chi connectivity index (χ3n) is 9.21. The van der Waals surface area contributed by atoms with Gasteiger partial charge in [0.1, 0.15) is 5.75 Å². The molecule has 258 valence electrons. The molecular weight excluding hydrogens is 616 g/mol. The average molecular weight is 669 g/mol. The van der Waals surface area contributed by atoms with Gasteiger partial charge in [-0.25, -0.2) is 4.79 Å². The number of hydrogen-bond donors (Lipinski definition) is 2. The zero-order chi connectivity index (χ0) is 33.4. The van der Waals surface area contributed by atoms with Crippen LogP contribution in [-0.2, 0) is 15.9 Å². The number of benzene rings is 2. The van der Waals surface area contributed by atoms with Gasteiger partial charge in [-0.2, -0.15) is 0 Å². The molecule has 3 amide bonds. The first-order chi connectivity index (χ1) is 22.9. The number of halogens is 1. The molecule has 2 aliphatic rings. The highest BCUT2D eigenvalue weighted by atomic mass is 35.5. The Morgan fingerprint density at radius 1 is 1.04 bits per heavy atom. The minimum Gasteiger partial charge on any atom is -0.491 e. The molecule has 0 aromatic heterocycles. The molecular formula is C37H53ClN4O5. The van der Waals surface area contributed by atoms with Crippen molar-refractivity contribution in [3.8, 4) is 5.75 Å². The van der Waals surface area contributed by atoms with E-state index in [2.05, 4.69) is 35.4 Å². The van der Waals surface area contributed by atoms with Crippen molar-refractivity contribution in [3.05, 3.63) is 70.8 Å². The Hall–Kier alpha value is -3.27. The molecule has 4 rings (SSSR count). The number of methoxy groups -OCH3 is 1. The molecule has 10 heteroatoms. The Morgan fingerprint density at radius 3 is 2.60 bits per heavy atom. The quantitative estimate of drug-likeness (QED) is 0.117. The summed E-state index contributed by atoms with van der Waals surface area (Å²) >= 11 is 6.12. The first-order valence-electron chi connectivity index (χ1n) is 17.2. The summed E-state index contributed by atoms with van der Waals surface area (Å²) in [6, 6.07) is 13.5. The van der Waals surface area contributed by atoms with Crippen LogP contribution in [0.25, 0.3) is 0 Å². The molecule has 2 fully saturated rings. The summed E-state index contributed by atoms with van der Waals surface area (Å²) in [4.78, 5) is 28.4. The van der Waals surface area contributed by atoms with Gasteiger partial charge in [0, 0.05) is 37.3 Å². The monoisotopic (exact) mass is 668 g/mol. The lowest BCUT2D eigenvalue weighted by molar-refractivity contribution is -0.0504. The van der Waals surface area contributed by atoms with Gasteiger partial charge in [0.25, 0.3) is 0 Å². The van der Waals surface area contributed by atoms with Crippen LogP contribution in [0.4, 0.5) is 10.5 Å². The van der Waals surface area contributed by atoms with Crippen molar-refractivity contribution in [2.75, 3.05) is 64.6 Å². The minimum absolute atomic E-state index is 0.0119. The van der Waals surface area contributed by atoms with Gasteiger partial charge < -0.3 is 35.1 Å². The van der Waals surface area contributed by atoms with Gasteiger partial charge in [0.2, 0.25) is 5.91 Å². The number of allylic oxidation sites excluding steroid dienone is 2. The Morgan fingerprint density at radius 2 is 1.87 bits per heavy atom. The number of anilines is 1. The van der Waals surface area contributed by atoms with E-state index in [4.69, 9.17) is 31.5 Å². The topological polar surface area (TPSA) is 106 Å². The van der Waals surface area contributed by atoms with Crippen molar-refractivity contribution in [3.63, 3.8) is 0 Å². The molecule has 1 heterocycles. The molecule has 2 aromatic carbocycles. The van der Waals surface area contributed by atoms with Gasteiger partial charge in [-0.1, -0.05) is 35.9 Å². The van der Waals surface area contributed by atoms with Crippen LogP contribution in [0.2, 0.25) is 5.02 Å². The van der Waals surface area contributed by atoms with Crippen molar-refractivity contribution in [1.29, 1.82) is 0 Å². The van der Waals surface area contributed by atoms with Crippen LogP contribution >= 0.6 is 11.6 Å². The number of nitrogens with two attached hydrogens (primary N) is 1. The highest BCUT2D eigenvalue weighted by Gasteiger charge is 2.32. The van der Waals surface area contributed by atoms with Gasteiger partial charge >= 0.3 is 6.03 Å². The van der Waals surface area contributed by atoms with Gasteiger partial charge in [0.05, 0.1) is 44.7 Å². The largest absolute Gasteiger partial charge is 0.491 e. The Labute approximate surface area is 285 Å². The van der Waals surface area contributed by atoms with Crippen molar-refractivity contribution >= 4 is 29.2 Å². The fourth-order valence-corrected chi connectivity index (χ4v) is 6.35. The number of primary amides is 1. The van der Waals surface area contributed by atoms with Crippen LogP contribution in [0.3, 0.4) is 0 Å². The first-order valence-corrected chi connectivity index (χ1v) is 17.6. The smallest absolute Gasteiger partial charge is 0.317 e. The molecule has 1 aliphatic heterocycles. The minimum atomic E-state index is -0.431. The standard InChI is InChI=1S/C37H53ClN4O5/c1-3-41(34-24-30(36(39)43)17-18-35(34)47-20-9-7-11-28-12-10-14-32(38)23-28)25-31-16-15-29(31)13-6-4-5-8-19-40-37(44)42-26-33(27-42)46-22-21-45-2/h4,6,10,12,14,17-18,23-24,29,31,33H,3,5,7-9,11,13,15-16,19-22,25-27H2,1-2H3,(H2,39,43)(H,40,44)/b6-4+/t29-,31+/m1/s1. The van der Waals surface area contributed by atoms with E-state index in [0.29, 0.717) is 56.9 Å². The number of aryl methyl sites for hydroxylation is 1. The molecule has 9 nitrogen and oxygen atoms in total. The Bertz CT molecular complexity index is 1300. The Kier molecular flexibility index (Phi) is 15.2. The summed E-state index contributed by atoms with van der Waals surface area (Å²) < 4.78 is 16.9. The lowest BCUT2D eigenvalue weighted by atomic mass is 9.71. The van der Waals surface area contributed by atoms with E-state index < -0.39 is 5.91 Å². The number of nitrogens with zero attached hydrogens (tertiary/aromatic N) is 2. The summed E-state index contributed by atoms with van der Waals surface area (Å²) in [5, 5.41) is 3.78. The number of rotatable bonds is 21. The van der Waals surface area contributed by atoms with E-state index in [1.54, 1.807) is 18.1 Å². The summed E-state index contributed by atoms with van der Waals surface area (Å²) in [5.74, 6) is 1.59. The van der Waals surface area contributed by atoms with Crippen LogP contribution in [0.15, 0.2) is 54.6 Å². The number of likely N-dealkylation sites (tertiary alicyclic amines) is 1. The predicted molar refractivity (Wildman–Crippen MR) is 189 cm³/mol. The van der Waals surface area contributed by atoms with Crippen molar-refractivity contribution in [2.24, 2.45) is 17.6 Å². The molecule has 1 saturated carbocycles. The molecule has 0 bridgehead atoms. The highest BCUT2D eigenvalue weighted by Crippen LogP contribution is 2.40. The number of urea groups is 1. The fraction of sp³-hybridized carbons (Fsp3) is 0.568. The van der Waals surface area contributed by atoms with Gasteiger partial charge in [-0.15, -0.1) is 0 Å². The second kappa shape index (κ2) is 19.5. The maximum atomic E-state index is 12.3. The zero-order valence-electron chi connectivity index (χ0n) is 28.1. The molecule has 47 heavy (non-hydrogen) atoms. The number of nitrogens with one attached hydrogen (secondary N) is 1. The molecule has 0 spiro atoms. The van der Waals surface area contributed by atoms with Crippen LogP contribution in [0.1, 0.15) is 67.8 Å². The molecule has 0 unspecified atom stereocenters. The maximum absolute atomic E-state index is 12.3. The van der Waals surface area contributed by atoms with Gasteiger partial charge in [-0.3, -0.25) is 4.79 Å². The van der Waals surface area contributed by atoms with E-state index in [9.17, 15) is 9.59 Å². The van der Waals surface area contributed by atoms with Crippen LogP contribution in [0.5, 0.6) is 5.75 Å². The van der Waals surface area contributed by atoms with E-state index >= 15 is 0 Å². The zero-order valence-corrected chi connectivity index (χ0v) is 28.9. The molecule has 0 radical (unpaired) electrons. The lowest BCUT2D eigenvalue weighted by Crippen LogP contribution is -2.57. The SMILES string of the molecule is CCN(C[C@@H]1CC[C@H]1C/C=C/CCCNC(=O)N1CC(OCCOC)C1)c1cc(C(N)=O)ccc1OCCCCc1cccc(Cl)c1. The average Bonchev–Trinajstić information content (AvgIpc) is 3.03. The lowest BCUT2D eigenvalue weighted by Gasteiger charge is -2.40. The summed E-state index contributed by atoms with van der Waals surface area (Å²) in [5.41, 5.74) is 8.32. The van der Waals surface area contributed by atoms with Crippen LogP contribution < -0.4 is 20.7 Å². The molecule has 1 aliphatic carbocycles. The molecule has 3 N–H and O–H groups in total. The normalized spacial score (nSPS) is 17.7. The van der Waals surface area contributed by atoms with Gasteiger partial charge in [-0.05, 0) is 106 Å². The van der Waals surface area contributed by atoms with Gasteiger partial charge in [0.15, 0.2) is 0 Å². The highest BCUT2D eigenvalue weighted by molar-refractivity contribution is 6.30. The number of amides is 3. The number of carbonyl (C=O) groups excluding carboxylic acids is 2. The number of hydrogen-bond acceptors (Lipinski definition) is 6. The maximum Gasteiger partial charge on any atom is 0.317 e. The number of unbranched alkanes of at least 4 members (excludes halogenated alkanes) is 2. The van der Waals surface area contributed by atoms with Crippen LogP contribution in [0, 0.1) is 11.8 Å². The fourth-order valence-electron chi connectivity index (χ4n) is 6.14. The third-order valence-corrected chi connectivity index (χ3v) is 9.44. The number of ether oxygens (including phenoxy) is 3. The summed E-state index contributed by atoms with van der Waals surface area (Å²) in [7, 11) is 1.65. The van der Waals surface area contributed by atoms with Crippen molar-refractivity contribution in [2.45, 2.75) is 64.4 Å². The van der Waals surface area contributed by atoms with E-state index in [0.717, 1.165) is 68.1 Å². The molecule has 2 atom stereocenters. The Balaban J connectivity index is 1.17. The van der Waals surface area contributed by atoms with E-state index in [-0.39, 0.29) is 12.1 Å². The first kappa shape index (κ1) is 36.6. The second-order valence-electron chi connectivity index (χ2n) is 12.6. The molecule has 2 aromatic rings. The number of carbonyl (C=O) groups is 2. The molecule has 1 saturated heterocycles. The van der Waals surface area contributed by atoms with E-state index in [1.165, 1.54) is 18.4 Å². The van der Waals surface area contributed by atoms with Crippen molar-refractivity contribution < 1.29 is 23.8 Å². The van der Waals surface area contributed by atoms with E-state index in [1.807, 2.05) is 30.3 Å². The van der Waals surface area contributed by atoms with Crippen molar-refractivity contribution in [1.82, 2.24) is 10.2 Å².